The van der Waals surface area contributed by atoms with E-state index in [0.717, 1.165) is 30.3 Å². The molecule has 0 aliphatic carbocycles. The van der Waals surface area contributed by atoms with Crippen molar-refractivity contribution in [2.24, 2.45) is 0 Å². The number of alkyl halides is 3. The number of amides is 1. The van der Waals surface area contributed by atoms with Gasteiger partial charge in [-0.25, -0.2) is 9.37 Å². The molecule has 0 unspecified atom stereocenters. The molecule has 2 heterocycles. The summed E-state index contributed by atoms with van der Waals surface area (Å²) in [6, 6.07) is 5.97. The van der Waals surface area contributed by atoms with Gasteiger partial charge in [0.05, 0.1) is 16.1 Å². The highest BCUT2D eigenvalue weighted by molar-refractivity contribution is 6.32. The van der Waals surface area contributed by atoms with Gasteiger partial charge in [-0.1, -0.05) is 23.8 Å². The maximum absolute atomic E-state index is 15.1. The van der Waals surface area contributed by atoms with Crippen LogP contribution in [0.4, 0.5) is 23.2 Å². The van der Waals surface area contributed by atoms with Crippen molar-refractivity contribution < 1.29 is 27.2 Å². The smallest absolute Gasteiger partial charge is 0.345 e. The number of carbonyl (C=O) groups excluding carboxylic acids is 2. The van der Waals surface area contributed by atoms with Gasteiger partial charge in [-0.3, -0.25) is 9.59 Å². The van der Waals surface area contributed by atoms with Crippen LogP contribution in [-0.4, -0.2) is 21.7 Å². The lowest BCUT2D eigenvalue weighted by molar-refractivity contribution is -0.137. The van der Waals surface area contributed by atoms with Crippen LogP contribution in [0.2, 0.25) is 5.02 Å². The van der Waals surface area contributed by atoms with Crippen molar-refractivity contribution in [3.8, 4) is 0 Å². The van der Waals surface area contributed by atoms with Crippen molar-refractivity contribution in [1.82, 2.24) is 9.97 Å². The van der Waals surface area contributed by atoms with E-state index < -0.39 is 29.2 Å². The number of nitrogens with one attached hydrogen (secondary N) is 2. The van der Waals surface area contributed by atoms with Gasteiger partial charge < -0.3 is 10.3 Å². The lowest BCUT2D eigenvalue weighted by Crippen LogP contribution is -2.16. The Hall–Kier alpha value is -3.98. The molecule has 2 aromatic carbocycles. The molecule has 0 atom stereocenters. The molecule has 0 fully saturated rings. The highest BCUT2D eigenvalue weighted by atomic mass is 35.5. The van der Waals surface area contributed by atoms with Crippen LogP contribution in [0, 0.1) is 12.7 Å². The molecule has 0 aliphatic heterocycles. The van der Waals surface area contributed by atoms with Crippen LogP contribution in [0.3, 0.4) is 0 Å². The number of hydrogen-bond acceptors (Lipinski definition) is 3. The Morgan fingerprint density at radius 2 is 1.81 bits per heavy atom. The summed E-state index contributed by atoms with van der Waals surface area (Å²) in [5.74, 6) is -2.20. The fraction of sp³-hybridized carbons (Fsp3) is 0.115. The number of nitrogens with zero attached hydrogens (tertiary/aromatic N) is 1. The number of aryl methyl sites for hydroxylation is 1. The van der Waals surface area contributed by atoms with E-state index in [9.17, 15) is 22.8 Å². The minimum atomic E-state index is -4.54. The molecule has 0 saturated carbocycles. The minimum absolute atomic E-state index is 0.0420. The van der Waals surface area contributed by atoms with E-state index in [0.29, 0.717) is 21.6 Å². The average Bonchev–Trinajstić information content (AvgIpc) is 3.27. The first kappa shape index (κ1) is 25.1. The number of rotatable bonds is 5. The first-order valence-corrected chi connectivity index (χ1v) is 11.0. The number of fused-ring (bicyclic) bond motifs is 1. The highest BCUT2D eigenvalue weighted by Crippen LogP contribution is 2.33. The SMILES string of the molecule is C/C=C/c1c(NC(=O)c2ccc(C(F)(F)F)cc2)ccc(F)c1C(=O)c1c[nH]c2ncc(Cl)c(C)c12. The van der Waals surface area contributed by atoms with Crippen LogP contribution in [-0.2, 0) is 6.18 Å². The van der Waals surface area contributed by atoms with Gasteiger partial charge in [0.15, 0.2) is 5.78 Å². The summed E-state index contributed by atoms with van der Waals surface area (Å²) in [7, 11) is 0. The van der Waals surface area contributed by atoms with Gasteiger partial charge in [0.25, 0.3) is 5.91 Å². The van der Waals surface area contributed by atoms with Crippen molar-refractivity contribution in [2.45, 2.75) is 20.0 Å². The highest BCUT2D eigenvalue weighted by Gasteiger charge is 2.30. The number of carbonyl (C=O) groups is 2. The van der Waals surface area contributed by atoms with Gasteiger partial charge in [0, 0.05) is 40.2 Å². The maximum Gasteiger partial charge on any atom is 0.416 e. The lowest BCUT2D eigenvalue weighted by atomic mass is 9.95. The van der Waals surface area contributed by atoms with Crippen LogP contribution >= 0.6 is 11.6 Å². The zero-order valence-corrected chi connectivity index (χ0v) is 19.7. The van der Waals surface area contributed by atoms with Crippen LogP contribution < -0.4 is 5.32 Å². The molecule has 2 N–H and O–H groups in total. The number of halogens is 5. The Kier molecular flexibility index (Phi) is 6.69. The summed E-state index contributed by atoms with van der Waals surface area (Å²) < 4.78 is 53.6. The molecule has 0 spiro atoms. The zero-order valence-electron chi connectivity index (χ0n) is 18.9. The number of pyridine rings is 1. The zero-order chi connectivity index (χ0) is 26.2. The predicted octanol–water partition coefficient (Wildman–Crippen LogP) is 7.20. The third-order valence-electron chi connectivity index (χ3n) is 5.62. The third kappa shape index (κ3) is 4.61. The van der Waals surface area contributed by atoms with Gasteiger partial charge in [-0.05, 0) is 55.8 Å². The molecule has 4 aromatic rings. The second-order valence-corrected chi connectivity index (χ2v) is 8.31. The summed E-state index contributed by atoms with van der Waals surface area (Å²) in [5, 5.41) is 3.34. The molecule has 2 aromatic heterocycles. The van der Waals surface area contributed by atoms with E-state index in [4.69, 9.17) is 11.6 Å². The van der Waals surface area contributed by atoms with Gasteiger partial charge >= 0.3 is 6.18 Å². The molecule has 0 radical (unpaired) electrons. The summed E-state index contributed by atoms with van der Waals surface area (Å²) in [5.41, 5.74) is 0.116. The van der Waals surface area contributed by atoms with Gasteiger partial charge in [-0.15, -0.1) is 0 Å². The Labute approximate surface area is 207 Å². The molecule has 36 heavy (non-hydrogen) atoms. The van der Waals surface area contributed by atoms with E-state index in [2.05, 4.69) is 15.3 Å². The first-order valence-electron chi connectivity index (χ1n) is 10.6. The summed E-state index contributed by atoms with van der Waals surface area (Å²) >= 11 is 6.17. The number of aromatic nitrogens is 2. The summed E-state index contributed by atoms with van der Waals surface area (Å²) in [6.07, 6.45) is 1.34. The molecule has 4 rings (SSSR count). The van der Waals surface area contributed by atoms with Crippen LogP contribution in [0.5, 0.6) is 0 Å². The van der Waals surface area contributed by atoms with E-state index >= 15 is 4.39 Å². The topological polar surface area (TPSA) is 74.8 Å². The van der Waals surface area contributed by atoms with Crippen molar-refractivity contribution in [1.29, 1.82) is 0 Å². The molecule has 184 valence electrons. The second kappa shape index (κ2) is 9.58. The normalized spacial score (nSPS) is 11.9. The van der Waals surface area contributed by atoms with E-state index in [1.54, 1.807) is 19.9 Å². The average molecular weight is 516 g/mol. The van der Waals surface area contributed by atoms with Crippen LogP contribution in [0.25, 0.3) is 17.1 Å². The van der Waals surface area contributed by atoms with Crippen LogP contribution in [0.1, 0.15) is 49.9 Å². The van der Waals surface area contributed by atoms with Crippen molar-refractivity contribution >= 4 is 46.1 Å². The molecular formula is C26H18ClF4N3O2. The Bertz CT molecular complexity index is 1520. The fourth-order valence-electron chi connectivity index (χ4n) is 3.82. The molecule has 0 bridgehead atoms. The molecule has 1 amide bonds. The molecule has 5 nitrogen and oxygen atoms in total. The standard InChI is InChI=1S/C26H18ClF4N3O2/c1-3-4-16-20(34-25(36)14-5-7-15(8-6-14)26(29,30)31)10-9-19(28)22(16)23(35)17-11-32-24-21(17)13(2)18(27)12-33-24/h3-12H,1-2H3,(H,32,33)(H,34,36)/b4-3+. The number of hydrogen-bond donors (Lipinski definition) is 2. The number of H-pyrrole nitrogens is 1. The maximum atomic E-state index is 15.1. The molecular weight excluding hydrogens is 498 g/mol. The summed E-state index contributed by atoms with van der Waals surface area (Å²) in [6.45, 7) is 3.36. The van der Waals surface area contributed by atoms with Crippen molar-refractivity contribution in [3.05, 3.63) is 99.1 Å². The quantitative estimate of drug-likeness (QED) is 0.218. The van der Waals surface area contributed by atoms with Crippen molar-refractivity contribution in [3.63, 3.8) is 0 Å². The van der Waals surface area contributed by atoms with Gasteiger partial charge in [-0.2, -0.15) is 13.2 Å². The number of benzene rings is 2. The third-order valence-corrected chi connectivity index (χ3v) is 6.00. The first-order chi connectivity index (χ1) is 17.0. The monoisotopic (exact) mass is 515 g/mol. The fourth-order valence-corrected chi connectivity index (χ4v) is 3.97. The van der Waals surface area contributed by atoms with E-state index in [-0.39, 0.29) is 27.9 Å². The predicted molar refractivity (Wildman–Crippen MR) is 130 cm³/mol. The Morgan fingerprint density at radius 1 is 1.11 bits per heavy atom. The molecule has 0 saturated heterocycles. The van der Waals surface area contributed by atoms with Crippen molar-refractivity contribution in [2.75, 3.05) is 5.32 Å². The Morgan fingerprint density at radius 3 is 2.44 bits per heavy atom. The number of ketones is 1. The number of allylic oxidation sites excluding steroid dienone is 1. The van der Waals surface area contributed by atoms with E-state index in [1.807, 2.05) is 0 Å². The van der Waals surface area contributed by atoms with Gasteiger partial charge in [0.1, 0.15) is 11.5 Å². The van der Waals surface area contributed by atoms with Crippen LogP contribution in [0.15, 0.2) is 54.9 Å². The largest absolute Gasteiger partial charge is 0.416 e. The van der Waals surface area contributed by atoms with E-state index in [1.165, 1.54) is 24.5 Å². The summed E-state index contributed by atoms with van der Waals surface area (Å²) in [4.78, 5) is 33.4. The molecule has 0 aliphatic rings. The second-order valence-electron chi connectivity index (χ2n) is 7.90. The Balaban J connectivity index is 1.76. The lowest BCUT2D eigenvalue weighted by Gasteiger charge is -2.14. The minimum Gasteiger partial charge on any atom is -0.345 e. The number of aromatic amines is 1. The number of anilines is 1. The molecule has 10 heteroatoms. The van der Waals surface area contributed by atoms with Gasteiger partial charge in [0.2, 0.25) is 0 Å².